The number of aromatic nitrogens is 3. The van der Waals surface area contributed by atoms with Crippen LogP contribution in [-0.4, -0.2) is 34.7 Å². The normalized spacial score (nSPS) is 10.9. The number of hydrogen-bond acceptors (Lipinski definition) is 6. The predicted molar refractivity (Wildman–Crippen MR) is 114 cm³/mol. The second kappa shape index (κ2) is 7.92. The molecule has 0 spiro atoms. The Morgan fingerprint density at radius 3 is 2.76 bits per heavy atom. The number of nitrogens with zero attached hydrogens (tertiary/aromatic N) is 3. The number of amides is 1. The van der Waals surface area contributed by atoms with Gasteiger partial charge in [0.1, 0.15) is 23.9 Å². The number of carbonyl (C=O) groups excluding carboxylic acids is 1. The van der Waals surface area contributed by atoms with E-state index in [9.17, 15) is 4.79 Å². The van der Waals surface area contributed by atoms with Crippen molar-refractivity contribution in [3.05, 3.63) is 53.7 Å². The van der Waals surface area contributed by atoms with Gasteiger partial charge >= 0.3 is 0 Å². The molecule has 2 aromatic carbocycles. The van der Waals surface area contributed by atoms with Crippen LogP contribution in [0, 0.1) is 6.92 Å². The van der Waals surface area contributed by atoms with Crippen LogP contribution >= 0.6 is 11.3 Å². The summed E-state index contributed by atoms with van der Waals surface area (Å²) >= 11 is 1.36. The van der Waals surface area contributed by atoms with Crippen molar-refractivity contribution < 1.29 is 14.3 Å². The van der Waals surface area contributed by atoms with Crippen molar-refractivity contribution in [2.45, 2.75) is 13.5 Å². The Bertz CT molecular complexity index is 1180. The molecule has 0 saturated carbocycles. The summed E-state index contributed by atoms with van der Waals surface area (Å²) < 4.78 is 12.6. The first kappa shape index (κ1) is 18.9. The number of anilines is 1. The Kier molecular flexibility index (Phi) is 5.18. The minimum absolute atomic E-state index is 0.158. The maximum atomic E-state index is 12.6. The molecule has 0 saturated heterocycles. The van der Waals surface area contributed by atoms with Gasteiger partial charge in [-0.3, -0.25) is 4.79 Å². The fourth-order valence-corrected chi connectivity index (χ4v) is 3.89. The molecule has 0 aliphatic carbocycles. The highest BCUT2D eigenvalue weighted by molar-refractivity contribution is 7.14. The number of aryl methyl sites for hydroxylation is 1. The summed E-state index contributed by atoms with van der Waals surface area (Å²) in [6.45, 7) is 2.06. The van der Waals surface area contributed by atoms with Crippen molar-refractivity contribution in [1.82, 2.24) is 14.5 Å². The first-order valence-electron chi connectivity index (χ1n) is 8.98. The lowest BCUT2D eigenvalue weighted by molar-refractivity contribution is -0.116. The van der Waals surface area contributed by atoms with Gasteiger partial charge in [-0.1, -0.05) is 12.1 Å². The molecule has 2 heterocycles. The van der Waals surface area contributed by atoms with Gasteiger partial charge in [0.05, 0.1) is 30.9 Å². The molecule has 1 N–H and O–H groups in total. The van der Waals surface area contributed by atoms with Crippen LogP contribution in [0.4, 0.5) is 5.13 Å². The van der Waals surface area contributed by atoms with Gasteiger partial charge in [-0.05, 0) is 37.3 Å². The van der Waals surface area contributed by atoms with E-state index in [0.29, 0.717) is 22.3 Å². The van der Waals surface area contributed by atoms with Crippen molar-refractivity contribution in [1.29, 1.82) is 0 Å². The van der Waals surface area contributed by atoms with E-state index in [4.69, 9.17) is 9.47 Å². The van der Waals surface area contributed by atoms with Gasteiger partial charge in [0, 0.05) is 10.9 Å². The van der Waals surface area contributed by atoms with E-state index in [1.807, 2.05) is 59.3 Å². The highest BCUT2D eigenvalue weighted by atomic mass is 32.1. The smallest absolute Gasteiger partial charge is 0.246 e. The van der Waals surface area contributed by atoms with E-state index in [2.05, 4.69) is 15.3 Å². The maximum absolute atomic E-state index is 12.6. The number of para-hydroxylation sites is 2. The van der Waals surface area contributed by atoms with E-state index in [-0.39, 0.29) is 12.5 Å². The molecule has 2 aromatic heterocycles. The topological polar surface area (TPSA) is 78.3 Å². The molecule has 1 amide bonds. The highest BCUT2D eigenvalue weighted by Gasteiger charge is 2.15. The van der Waals surface area contributed by atoms with E-state index < -0.39 is 0 Å². The lowest BCUT2D eigenvalue weighted by atomic mass is 10.1. The average molecular weight is 408 g/mol. The summed E-state index contributed by atoms with van der Waals surface area (Å²) in [5.74, 6) is 2.04. The fourth-order valence-electron chi connectivity index (χ4n) is 3.17. The molecule has 7 nitrogen and oxygen atoms in total. The van der Waals surface area contributed by atoms with Crippen LogP contribution in [-0.2, 0) is 11.3 Å². The minimum Gasteiger partial charge on any atom is -0.497 e. The third-order valence-electron chi connectivity index (χ3n) is 4.58. The third kappa shape index (κ3) is 3.79. The van der Waals surface area contributed by atoms with Crippen LogP contribution in [0.1, 0.15) is 5.82 Å². The number of hydrogen-bond donors (Lipinski definition) is 1. The molecule has 29 heavy (non-hydrogen) atoms. The van der Waals surface area contributed by atoms with Gasteiger partial charge < -0.3 is 19.4 Å². The second-order valence-electron chi connectivity index (χ2n) is 6.39. The predicted octanol–water partition coefficient (Wildman–Crippen LogP) is 4.12. The van der Waals surface area contributed by atoms with Gasteiger partial charge in [0.25, 0.3) is 0 Å². The fraction of sp³-hybridized carbons (Fsp3) is 0.190. The monoisotopic (exact) mass is 408 g/mol. The van der Waals surface area contributed by atoms with Crippen molar-refractivity contribution >= 4 is 33.4 Å². The highest BCUT2D eigenvalue weighted by Crippen LogP contribution is 2.35. The summed E-state index contributed by atoms with van der Waals surface area (Å²) in [5.41, 5.74) is 3.32. The molecular formula is C21H20N4O3S. The zero-order valence-electron chi connectivity index (χ0n) is 16.3. The van der Waals surface area contributed by atoms with Gasteiger partial charge in [0.2, 0.25) is 5.91 Å². The Labute approximate surface area is 171 Å². The maximum Gasteiger partial charge on any atom is 0.246 e. The number of imidazole rings is 1. The molecule has 0 unspecified atom stereocenters. The van der Waals surface area contributed by atoms with Gasteiger partial charge in [-0.2, -0.15) is 0 Å². The first-order chi connectivity index (χ1) is 14.1. The number of nitrogens with one attached hydrogen (secondary N) is 1. The lowest BCUT2D eigenvalue weighted by Crippen LogP contribution is -2.19. The summed E-state index contributed by atoms with van der Waals surface area (Å²) in [5, 5.41) is 5.28. The van der Waals surface area contributed by atoms with Gasteiger partial charge in [0.15, 0.2) is 5.13 Å². The molecule has 0 aliphatic rings. The molecule has 0 radical (unpaired) electrons. The van der Waals surface area contributed by atoms with Crippen LogP contribution in [0.2, 0.25) is 0 Å². The zero-order chi connectivity index (χ0) is 20.4. The molecule has 0 fully saturated rings. The SMILES string of the molecule is COc1ccc(OC)c(-c2csc(NC(=O)Cn3c(C)nc4ccccc43)n2)c1. The van der Waals surface area contributed by atoms with Crippen molar-refractivity contribution in [2.75, 3.05) is 19.5 Å². The molecular weight excluding hydrogens is 388 g/mol. The van der Waals surface area contributed by atoms with Gasteiger partial charge in [-0.15, -0.1) is 11.3 Å². The van der Waals surface area contributed by atoms with Crippen LogP contribution in [0.25, 0.3) is 22.3 Å². The third-order valence-corrected chi connectivity index (χ3v) is 5.34. The number of ether oxygens (including phenoxy) is 2. The van der Waals surface area contributed by atoms with E-state index in [0.717, 1.165) is 22.4 Å². The van der Waals surface area contributed by atoms with Crippen LogP contribution in [0.15, 0.2) is 47.8 Å². The Balaban J connectivity index is 1.54. The Hall–Kier alpha value is -3.39. The molecule has 0 bridgehead atoms. The van der Waals surface area contributed by atoms with Crippen molar-refractivity contribution in [2.24, 2.45) is 0 Å². The quantitative estimate of drug-likeness (QED) is 0.519. The molecule has 4 aromatic rings. The Morgan fingerprint density at radius 2 is 1.97 bits per heavy atom. The second-order valence-corrected chi connectivity index (χ2v) is 7.24. The molecule has 4 rings (SSSR count). The van der Waals surface area contributed by atoms with Crippen LogP contribution in [0.5, 0.6) is 11.5 Å². The minimum atomic E-state index is -0.158. The summed E-state index contributed by atoms with van der Waals surface area (Å²) in [6, 6.07) is 13.3. The number of rotatable bonds is 6. The van der Waals surface area contributed by atoms with Gasteiger partial charge in [-0.25, -0.2) is 9.97 Å². The number of carbonyl (C=O) groups is 1. The summed E-state index contributed by atoms with van der Waals surface area (Å²) in [4.78, 5) is 21.6. The zero-order valence-corrected chi connectivity index (χ0v) is 17.1. The number of fused-ring (bicyclic) bond motifs is 1. The lowest BCUT2D eigenvalue weighted by Gasteiger charge is -2.08. The number of thiazole rings is 1. The number of methoxy groups -OCH3 is 2. The average Bonchev–Trinajstić information content (AvgIpc) is 3.32. The van der Waals surface area contributed by atoms with Crippen LogP contribution in [0.3, 0.4) is 0 Å². The summed E-state index contributed by atoms with van der Waals surface area (Å²) in [7, 11) is 3.22. The van der Waals surface area contributed by atoms with E-state index in [1.165, 1.54) is 11.3 Å². The van der Waals surface area contributed by atoms with E-state index >= 15 is 0 Å². The molecule has 0 atom stereocenters. The molecule has 148 valence electrons. The van der Waals surface area contributed by atoms with Crippen LogP contribution < -0.4 is 14.8 Å². The Morgan fingerprint density at radius 1 is 1.14 bits per heavy atom. The summed E-state index contributed by atoms with van der Waals surface area (Å²) in [6.07, 6.45) is 0. The first-order valence-corrected chi connectivity index (χ1v) is 9.86. The largest absolute Gasteiger partial charge is 0.497 e. The standard InChI is InChI=1S/C21H20N4O3S/c1-13-22-16-6-4-5-7-18(16)25(13)11-20(26)24-21-23-17(12-29-21)15-10-14(27-2)8-9-19(15)28-3/h4-10,12H,11H2,1-3H3,(H,23,24,26). The molecule has 8 heteroatoms. The van der Waals surface area contributed by atoms with Crippen molar-refractivity contribution in [3.63, 3.8) is 0 Å². The van der Waals surface area contributed by atoms with E-state index in [1.54, 1.807) is 14.2 Å². The molecule has 0 aliphatic heterocycles. The number of benzene rings is 2. The van der Waals surface area contributed by atoms with Crippen molar-refractivity contribution in [3.8, 4) is 22.8 Å².